The fourth-order valence-corrected chi connectivity index (χ4v) is 4.63. The van der Waals surface area contributed by atoms with Crippen LogP contribution in [0.15, 0.2) is 53.6 Å². The molecular weight excluding hydrogens is 484 g/mol. The Morgan fingerprint density at radius 1 is 0.868 bits per heavy atom. The average Bonchev–Trinajstić information content (AvgIpc) is 2.97. The molecule has 0 amide bonds. The van der Waals surface area contributed by atoms with Gasteiger partial charge in [-0.2, -0.15) is 20.1 Å². The lowest BCUT2D eigenvalue weighted by atomic mass is 10.1. The number of benzene rings is 2. The van der Waals surface area contributed by atoms with Crippen LogP contribution in [0.1, 0.15) is 49.7 Å². The van der Waals surface area contributed by atoms with Crippen molar-refractivity contribution in [1.29, 1.82) is 0 Å². The van der Waals surface area contributed by atoms with Gasteiger partial charge in [0.2, 0.25) is 17.8 Å². The van der Waals surface area contributed by atoms with Gasteiger partial charge >= 0.3 is 0 Å². The summed E-state index contributed by atoms with van der Waals surface area (Å²) in [5.41, 5.74) is 4.67. The van der Waals surface area contributed by atoms with Crippen LogP contribution in [0.4, 0.5) is 23.5 Å². The van der Waals surface area contributed by atoms with Crippen LogP contribution >= 0.6 is 0 Å². The highest BCUT2D eigenvalue weighted by Crippen LogP contribution is 2.23. The van der Waals surface area contributed by atoms with E-state index in [9.17, 15) is 10.1 Å². The maximum absolute atomic E-state index is 10.9. The molecule has 0 aliphatic carbocycles. The van der Waals surface area contributed by atoms with Crippen LogP contribution in [0.3, 0.4) is 0 Å². The molecule has 1 N–H and O–H groups in total. The summed E-state index contributed by atoms with van der Waals surface area (Å²) >= 11 is 0. The molecule has 0 radical (unpaired) electrons. The van der Waals surface area contributed by atoms with Crippen molar-refractivity contribution < 1.29 is 9.66 Å². The second-order valence-corrected chi connectivity index (χ2v) is 9.47. The van der Waals surface area contributed by atoms with Gasteiger partial charge in [-0.25, -0.2) is 5.43 Å². The van der Waals surface area contributed by atoms with Gasteiger partial charge in [-0.15, -0.1) is 0 Å². The van der Waals surface area contributed by atoms with Crippen molar-refractivity contribution in [3.63, 3.8) is 0 Å². The van der Waals surface area contributed by atoms with Crippen molar-refractivity contribution in [2.75, 3.05) is 41.4 Å². The molecule has 0 saturated carbocycles. The molecule has 0 atom stereocenters. The van der Waals surface area contributed by atoms with Gasteiger partial charge in [0, 0.05) is 43.9 Å². The van der Waals surface area contributed by atoms with Gasteiger partial charge in [0.15, 0.2) is 0 Å². The SMILES string of the molecule is O=[N+]([O-])c1ccc(COc2ccccc2/C=N\Nc2nc(N3CCCCC3)nc(N3CCCCC3)n2)cc1. The van der Waals surface area contributed by atoms with Gasteiger partial charge in [0.25, 0.3) is 5.69 Å². The molecule has 38 heavy (non-hydrogen) atoms. The summed E-state index contributed by atoms with van der Waals surface area (Å²) in [7, 11) is 0. The van der Waals surface area contributed by atoms with Crippen LogP contribution in [-0.4, -0.2) is 52.3 Å². The molecule has 11 heteroatoms. The lowest BCUT2D eigenvalue weighted by Crippen LogP contribution is -2.34. The van der Waals surface area contributed by atoms with Crippen LogP contribution in [0, 0.1) is 10.1 Å². The smallest absolute Gasteiger partial charge is 0.269 e. The number of hydrogen-bond acceptors (Lipinski definition) is 10. The highest BCUT2D eigenvalue weighted by molar-refractivity contribution is 5.83. The maximum Gasteiger partial charge on any atom is 0.269 e. The first kappa shape index (κ1) is 25.4. The van der Waals surface area contributed by atoms with Crippen LogP contribution in [0.2, 0.25) is 0 Å². The monoisotopic (exact) mass is 516 g/mol. The molecule has 11 nitrogen and oxygen atoms in total. The molecule has 0 spiro atoms. The normalized spacial score (nSPS) is 16.0. The van der Waals surface area contributed by atoms with E-state index < -0.39 is 4.92 Å². The molecule has 0 unspecified atom stereocenters. The number of piperidine rings is 2. The van der Waals surface area contributed by atoms with Crippen LogP contribution in [0.5, 0.6) is 5.75 Å². The van der Waals surface area contributed by atoms with E-state index in [0.29, 0.717) is 23.6 Å². The van der Waals surface area contributed by atoms with Crippen LogP contribution in [-0.2, 0) is 6.61 Å². The van der Waals surface area contributed by atoms with E-state index in [-0.39, 0.29) is 12.3 Å². The summed E-state index contributed by atoms with van der Waals surface area (Å²) in [4.78, 5) is 29.1. The number of nitro benzene ring substituents is 1. The number of hydrazone groups is 1. The minimum Gasteiger partial charge on any atom is -0.488 e. The first-order valence-corrected chi connectivity index (χ1v) is 13.2. The van der Waals surface area contributed by atoms with Crippen molar-refractivity contribution in [2.24, 2.45) is 5.10 Å². The third-order valence-electron chi connectivity index (χ3n) is 6.72. The van der Waals surface area contributed by atoms with Crippen molar-refractivity contribution in [1.82, 2.24) is 15.0 Å². The number of hydrogen-bond donors (Lipinski definition) is 1. The Hall–Kier alpha value is -4.28. The van der Waals surface area contributed by atoms with Crippen molar-refractivity contribution in [3.8, 4) is 5.75 Å². The second kappa shape index (κ2) is 12.3. The molecule has 2 aromatic carbocycles. The van der Waals surface area contributed by atoms with Gasteiger partial charge in [-0.3, -0.25) is 10.1 Å². The lowest BCUT2D eigenvalue weighted by molar-refractivity contribution is -0.384. The predicted octanol–water partition coefficient (Wildman–Crippen LogP) is 4.79. The van der Waals surface area contributed by atoms with Crippen molar-refractivity contribution in [3.05, 3.63) is 69.8 Å². The molecule has 5 rings (SSSR count). The molecular formula is C27H32N8O3. The summed E-state index contributed by atoms with van der Waals surface area (Å²) in [5.74, 6) is 2.46. The third-order valence-corrected chi connectivity index (χ3v) is 6.72. The number of ether oxygens (including phenoxy) is 1. The molecule has 0 bridgehead atoms. The topological polar surface area (TPSA) is 122 Å². The Kier molecular flexibility index (Phi) is 8.22. The standard InChI is InChI=1S/C27H32N8O3/c36-35(37)23-13-11-21(12-14-23)20-38-24-10-4-3-9-22(24)19-28-32-25-29-26(33-15-5-1-6-16-33)31-27(30-25)34-17-7-2-8-18-34/h3-4,9-14,19H,1-2,5-8,15-18,20H2,(H,29,30,31,32)/b28-19-. The predicted molar refractivity (Wildman–Crippen MR) is 147 cm³/mol. The van der Waals surface area contributed by atoms with Crippen molar-refractivity contribution in [2.45, 2.75) is 45.1 Å². The maximum atomic E-state index is 10.9. The van der Waals surface area contributed by atoms with Crippen molar-refractivity contribution >= 4 is 29.7 Å². The number of nitrogens with zero attached hydrogens (tertiary/aromatic N) is 7. The molecule has 2 fully saturated rings. The Balaban J connectivity index is 1.29. The van der Waals surface area contributed by atoms with Gasteiger partial charge in [0.05, 0.1) is 11.1 Å². The summed E-state index contributed by atoms with van der Waals surface area (Å²) < 4.78 is 5.98. The molecule has 198 valence electrons. The first-order valence-electron chi connectivity index (χ1n) is 13.2. The average molecular weight is 517 g/mol. The number of nitro groups is 1. The highest BCUT2D eigenvalue weighted by Gasteiger charge is 2.20. The van der Waals surface area contributed by atoms with Gasteiger partial charge in [-0.1, -0.05) is 12.1 Å². The number of rotatable bonds is 9. The molecule has 3 heterocycles. The number of nitrogens with one attached hydrogen (secondary N) is 1. The lowest BCUT2D eigenvalue weighted by Gasteiger charge is -2.30. The van der Waals surface area contributed by atoms with E-state index in [1.54, 1.807) is 18.3 Å². The molecule has 1 aromatic heterocycles. The fraction of sp³-hybridized carbons (Fsp3) is 0.407. The van der Waals surface area contributed by atoms with E-state index >= 15 is 0 Å². The van der Waals surface area contributed by atoms with E-state index in [1.807, 2.05) is 24.3 Å². The Labute approximate surface area is 221 Å². The fourth-order valence-electron chi connectivity index (χ4n) is 4.63. The molecule has 2 aliphatic rings. The largest absolute Gasteiger partial charge is 0.488 e. The number of para-hydroxylation sites is 1. The molecule has 3 aromatic rings. The zero-order valence-corrected chi connectivity index (χ0v) is 21.3. The van der Waals surface area contributed by atoms with E-state index in [0.717, 1.165) is 63.0 Å². The summed E-state index contributed by atoms with van der Waals surface area (Å²) in [6.07, 6.45) is 8.72. The molecule has 2 saturated heterocycles. The number of aromatic nitrogens is 3. The minimum absolute atomic E-state index is 0.0533. The van der Waals surface area contributed by atoms with Gasteiger partial charge in [0.1, 0.15) is 12.4 Å². The van der Waals surface area contributed by atoms with Gasteiger partial charge < -0.3 is 14.5 Å². The van der Waals surface area contributed by atoms with Crippen LogP contribution < -0.4 is 20.0 Å². The zero-order valence-electron chi connectivity index (χ0n) is 21.3. The third kappa shape index (κ3) is 6.53. The quantitative estimate of drug-likeness (QED) is 0.243. The van der Waals surface area contributed by atoms with E-state index in [2.05, 4.69) is 30.3 Å². The number of non-ortho nitro benzene ring substituents is 1. The summed E-state index contributed by atoms with van der Waals surface area (Å²) in [5, 5.41) is 15.3. The summed E-state index contributed by atoms with van der Waals surface area (Å²) in [6, 6.07) is 13.9. The number of anilines is 3. The minimum atomic E-state index is -0.416. The summed E-state index contributed by atoms with van der Waals surface area (Å²) in [6.45, 7) is 4.08. The Bertz CT molecular complexity index is 1220. The van der Waals surface area contributed by atoms with E-state index in [4.69, 9.17) is 9.72 Å². The highest BCUT2D eigenvalue weighted by atomic mass is 16.6. The van der Waals surface area contributed by atoms with E-state index in [1.165, 1.54) is 25.0 Å². The van der Waals surface area contributed by atoms with Crippen LogP contribution in [0.25, 0.3) is 0 Å². The zero-order chi connectivity index (χ0) is 26.2. The Morgan fingerprint density at radius 2 is 1.47 bits per heavy atom. The first-order chi connectivity index (χ1) is 18.7. The molecule has 2 aliphatic heterocycles. The Morgan fingerprint density at radius 3 is 2.08 bits per heavy atom. The van der Waals surface area contributed by atoms with Gasteiger partial charge in [-0.05, 0) is 68.4 Å². The second-order valence-electron chi connectivity index (χ2n) is 9.47.